The number of amides is 1. The summed E-state index contributed by atoms with van der Waals surface area (Å²) in [7, 11) is 0. The zero-order chi connectivity index (χ0) is 14.4. The normalized spacial score (nSPS) is 17.3. The van der Waals surface area contributed by atoms with Crippen molar-refractivity contribution in [2.75, 3.05) is 13.1 Å². The van der Waals surface area contributed by atoms with E-state index in [-0.39, 0.29) is 18.3 Å². The molecule has 0 spiro atoms. The highest BCUT2D eigenvalue weighted by atomic mass is 35.5. The lowest BCUT2D eigenvalue weighted by molar-refractivity contribution is -0.131. The molecule has 1 fully saturated rings. The van der Waals surface area contributed by atoms with E-state index >= 15 is 0 Å². The SMILES string of the molecule is CCN(Cc1cccc(Cl)c1)C(=O)CCC1CCCN1.Cl. The third-order valence-electron chi connectivity index (χ3n) is 3.87. The molecule has 1 aliphatic rings. The van der Waals surface area contributed by atoms with Crippen LogP contribution in [0.3, 0.4) is 0 Å². The predicted octanol–water partition coefficient (Wildman–Crippen LogP) is 3.64. The zero-order valence-electron chi connectivity index (χ0n) is 12.5. The van der Waals surface area contributed by atoms with Crippen LogP contribution in [-0.4, -0.2) is 29.9 Å². The molecule has 118 valence electrons. The maximum Gasteiger partial charge on any atom is 0.222 e. The Morgan fingerprint density at radius 1 is 1.48 bits per heavy atom. The first-order valence-electron chi connectivity index (χ1n) is 7.44. The van der Waals surface area contributed by atoms with Gasteiger partial charge in [0.2, 0.25) is 5.91 Å². The molecule has 1 saturated heterocycles. The Labute approximate surface area is 138 Å². The van der Waals surface area contributed by atoms with E-state index in [9.17, 15) is 4.79 Å². The Balaban J connectivity index is 0.00000220. The summed E-state index contributed by atoms with van der Waals surface area (Å²) in [4.78, 5) is 14.2. The third-order valence-corrected chi connectivity index (χ3v) is 4.10. The summed E-state index contributed by atoms with van der Waals surface area (Å²) in [6, 6.07) is 8.26. The summed E-state index contributed by atoms with van der Waals surface area (Å²) in [6.07, 6.45) is 4.02. The number of nitrogens with one attached hydrogen (secondary N) is 1. The average Bonchev–Trinajstić information content (AvgIpc) is 2.95. The lowest BCUT2D eigenvalue weighted by Gasteiger charge is -2.22. The molecule has 0 saturated carbocycles. The van der Waals surface area contributed by atoms with Gasteiger partial charge in [-0.1, -0.05) is 23.7 Å². The van der Waals surface area contributed by atoms with E-state index in [1.54, 1.807) is 0 Å². The van der Waals surface area contributed by atoms with Gasteiger partial charge in [-0.3, -0.25) is 4.79 Å². The van der Waals surface area contributed by atoms with Crippen LogP contribution in [0.1, 0.15) is 38.2 Å². The second-order valence-corrected chi connectivity index (χ2v) is 5.81. The summed E-state index contributed by atoms with van der Waals surface area (Å²) in [5, 5.41) is 4.16. The van der Waals surface area contributed by atoms with E-state index in [1.807, 2.05) is 36.1 Å². The molecule has 2 rings (SSSR count). The van der Waals surface area contributed by atoms with Crippen molar-refractivity contribution in [2.45, 2.75) is 45.2 Å². The molecule has 0 bridgehead atoms. The third kappa shape index (κ3) is 5.85. The molecule has 1 unspecified atom stereocenters. The van der Waals surface area contributed by atoms with Crippen molar-refractivity contribution >= 4 is 29.9 Å². The Bertz CT molecular complexity index is 448. The molecule has 1 aromatic rings. The number of benzene rings is 1. The van der Waals surface area contributed by atoms with Crippen LogP contribution < -0.4 is 5.32 Å². The van der Waals surface area contributed by atoms with Gasteiger partial charge in [0.05, 0.1) is 0 Å². The molecule has 0 radical (unpaired) electrons. The van der Waals surface area contributed by atoms with Crippen LogP contribution in [0.2, 0.25) is 5.02 Å². The number of halogens is 2. The Morgan fingerprint density at radius 3 is 2.90 bits per heavy atom. The van der Waals surface area contributed by atoms with Crippen molar-refractivity contribution in [2.24, 2.45) is 0 Å². The van der Waals surface area contributed by atoms with E-state index in [0.29, 0.717) is 19.0 Å². The second kappa shape index (κ2) is 9.29. The quantitative estimate of drug-likeness (QED) is 0.863. The standard InChI is InChI=1S/C16H23ClN2O.ClH/c1-2-19(12-13-5-3-6-14(17)11-13)16(20)9-8-15-7-4-10-18-15;/h3,5-6,11,15,18H,2,4,7-10,12H2,1H3;1H. The number of hydrogen-bond acceptors (Lipinski definition) is 2. The number of hydrogen-bond donors (Lipinski definition) is 1. The van der Waals surface area contributed by atoms with Crippen molar-refractivity contribution in [3.8, 4) is 0 Å². The lowest BCUT2D eigenvalue weighted by atomic mass is 10.1. The van der Waals surface area contributed by atoms with Crippen LogP contribution in [0.4, 0.5) is 0 Å². The minimum absolute atomic E-state index is 0. The highest BCUT2D eigenvalue weighted by Crippen LogP contribution is 2.15. The van der Waals surface area contributed by atoms with E-state index in [1.165, 1.54) is 12.8 Å². The number of carbonyl (C=O) groups excluding carboxylic acids is 1. The molecule has 3 nitrogen and oxygen atoms in total. The highest BCUT2D eigenvalue weighted by molar-refractivity contribution is 6.30. The van der Waals surface area contributed by atoms with Crippen molar-refractivity contribution in [3.05, 3.63) is 34.9 Å². The second-order valence-electron chi connectivity index (χ2n) is 5.37. The summed E-state index contributed by atoms with van der Waals surface area (Å²) < 4.78 is 0. The van der Waals surface area contributed by atoms with Gasteiger partial charge in [0.15, 0.2) is 0 Å². The van der Waals surface area contributed by atoms with E-state index < -0.39 is 0 Å². The molecule has 1 amide bonds. The lowest BCUT2D eigenvalue weighted by Crippen LogP contribution is -2.32. The summed E-state index contributed by atoms with van der Waals surface area (Å²) >= 11 is 5.99. The van der Waals surface area contributed by atoms with Gasteiger partial charge in [0.1, 0.15) is 0 Å². The van der Waals surface area contributed by atoms with Crippen LogP contribution in [0.25, 0.3) is 0 Å². The largest absolute Gasteiger partial charge is 0.339 e. The Hall–Kier alpha value is -0.770. The van der Waals surface area contributed by atoms with Gasteiger partial charge in [-0.15, -0.1) is 12.4 Å². The minimum Gasteiger partial charge on any atom is -0.339 e. The first kappa shape index (κ1) is 18.3. The molecule has 21 heavy (non-hydrogen) atoms. The highest BCUT2D eigenvalue weighted by Gasteiger charge is 2.18. The van der Waals surface area contributed by atoms with Crippen molar-refractivity contribution < 1.29 is 4.79 Å². The molecular weight excluding hydrogens is 307 g/mol. The number of nitrogens with zero attached hydrogens (tertiary/aromatic N) is 1. The van der Waals surface area contributed by atoms with E-state index in [0.717, 1.165) is 30.1 Å². The topological polar surface area (TPSA) is 32.3 Å². The maximum absolute atomic E-state index is 12.3. The summed E-state index contributed by atoms with van der Waals surface area (Å²) in [5.74, 6) is 0.237. The Morgan fingerprint density at radius 2 is 2.29 bits per heavy atom. The number of carbonyl (C=O) groups is 1. The van der Waals surface area contributed by atoms with Crippen LogP contribution in [0.5, 0.6) is 0 Å². The fourth-order valence-corrected chi connectivity index (χ4v) is 2.90. The molecule has 0 aromatic heterocycles. The van der Waals surface area contributed by atoms with Gasteiger partial charge >= 0.3 is 0 Å². The molecule has 5 heteroatoms. The van der Waals surface area contributed by atoms with Crippen molar-refractivity contribution in [3.63, 3.8) is 0 Å². The van der Waals surface area contributed by atoms with Gasteiger partial charge in [0.25, 0.3) is 0 Å². The van der Waals surface area contributed by atoms with Gasteiger partial charge in [-0.05, 0) is 50.4 Å². The monoisotopic (exact) mass is 330 g/mol. The molecule has 1 aromatic carbocycles. The molecular formula is C16H24Cl2N2O. The number of rotatable bonds is 6. The fourth-order valence-electron chi connectivity index (χ4n) is 2.69. The average molecular weight is 331 g/mol. The van der Waals surface area contributed by atoms with Gasteiger partial charge in [0, 0.05) is 30.6 Å². The van der Waals surface area contributed by atoms with Crippen molar-refractivity contribution in [1.29, 1.82) is 0 Å². The predicted molar refractivity (Wildman–Crippen MR) is 90.0 cm³/mol. The van der Waals surface area contributed by atoms with Gasteiger partial charge < -0.3 is 10.2 Å². The van der Waals surface area contributed by atoms with Crippen LogP contribution in [-0.2, 0) is 11.3 Å². The fraction of sp³-hybridized carbons (Fsp3) is 0.562. The Kier molecular flexibility index (Phi) is 8.09. The van der Waals surface area contributed by atoms with E-state index in [2.05, 4.69) is 5.32 Å². The van der Waals surface area contributed by atoms with Crippen LogP contribution in [0, 0.1) is 0 Å². The minimum atomic E-state index is 0. The van der Waals surface area contributed by atoms with E-state index in [4.69, 9.17) is 11.6 Å². The first-order chi connectivity index (χ1) is 9.69. The first-order valence-corrected chi connectivity index (χ1v) is 7.82. The molecule has 1 atom stereocenters. The molecule has 0 aliphatic carbocycles. The molecule has 1 heterocycles. The molecule has 1 aliphatic heterocycles. The van der Waals surface area contributed by atoms with Crippen molar-refractivity contribution in [1.82, 2.24) is 10.2 Å². The smallest absolute Gasteiger partial charge is 0.222 e. The van der Waals surface area contributed by atoms with Crippen LogP contribution in [0.15, 0.2) is 24.3 Å². The molecule has 1 N–H and O–H groups in total. The van der Waals surface area contributed by atoms with Gasteiger partial charge in [-0.2, -0.15) is 0 Å². The summed E-state index contributed by atoms with van der Waals surface area (Å²) in [5.41, 5.74) is 1.09. The maximum atomic E-state index is 12.3. The van der Waals surface area contributed by atoms with Gasteiger partial charge in [-0.25, -0.2) is 0 Å². The van der Waals surface area contributed by atoms with Crippen LogP contribution >= 0.6 is 24.0 Å². The zero-order valence-corrected chi connectivity index (χ0v) is 14.1. The summed E-state index contributed by atoms with van der Waals surface area (Å²) in [6.45, 7) is 4.51.